The number of likely N-dealkylation sites (tertiary alicyclic amines) is 1. The van der Waals surface area contributed by atoms with Crippen LogP contribution in [0.5, 0.6) is 0 Å². The molecular formula is C14H21FN4O3. The summed E-state index contributed by atoms with van der Waals surface area (Å²) in [7, 11) is 1.57. The van der Waals surface area contributed by atoms with E-state index in [9.17, 15) is 14.0 Å². The van der Waals surface area contributed by atoms with Gasteiger partial charge in [0.1, 0.15) is 17.5 Å². The fourth-order valence-electron chi connectivity index (χ4n) is 2.47. The molecule has 0 bridgehead atoms. The number of nitrogens with zero attached hydrogens (tertiary/aromatic N) is 3. The molecule has 0 radical (unpaired) electrons. The van der Waals surface area contributed by atoms with Gasteiger partial charge in [0.25, 0.3) is 5.91 Å². The SMILES string of the molecule is Cn1nc([C@@H]2C[C@@H](F)CN2C(=O)OC(C)(C)C)cc1C(N)=O. The molecule has 7 nitrogen and oxygen atoms in total. The quantitative estimate of drug-likeness (QED) is 0.897. The number of nitrogens with two attached hydrogens (primary N) is 1. The molecule has 2 heterocycles. The molecule has 1 saturated heterocycles. The molecule has 1 aliphatic rings. The number of hydrogen-bond donors (Lipinski definition) is 1. The first kappa shape index (κ1) is 16.3. The molecule has 1 aromatic rings. The predicted octanol–water partition coefficient (Wildman–Crippen LogP) is 1.54. The second-order valence-electron chi connectivity index (χ2n) is 6.42. The summed E-state index contributed by atoms with van der Waals surface area (Å²) in [6.07, 6.45) is -1.63. The highest BCUT2D eigenvalue weighted by atomic mass is 19.1. The Morgan fingerprint density at radius 2 is 2.09 bits per heavy atom. The predicted molar refractivity (Wildman–Crippen MR) is 76.9 cm³/mol. The average Bonchev–Trinajstić information content (AvgIpc) is 2.90. The zero-order valence-corrected chi connectivity index (χ0v) is 13.2. The largest absolute Gasteiger partial charge is 0.444 e. The zero-order chi connectivity index (χ0) is 16.7. The summed E-state index contributed by atoms with van der Waals surface area (Å²) in [6, 6.07) is 0.923. The van der Waals surface area contributed by atoms with Crippen LogP contribution in [0.4, 0.5) is 9.18 Å². The van der Waals surface area contributed by atoms with Crippen LogP contribution < -0.4 is 5.73 Å². The van der Waals surface area contributed by atoms with Gasteiger partial charge in [0, 0.05) is 13.5 Å². The molecule has 1 aromatic heterocycles. The zero-order valence-electron chi connectivity index (χ0n) is 13.2. The van der Waals surface area contributed by atoms with Crippen molar-refractivity contribution in [2.75, 3.05) is 6.54 Å². The Morgan fingerprint density at radius 3 is 2.59 bits per heavy atom. The van der Waals surface area contributed by atoms with E-state index in [2.05, 4.69) is 5.10 Å². The highest BCUT2D eigenvalue weighted by Gasteiger charge is 2.40. The monoisotopic (exact) mass is 312 g/mol. The third kappa shape index (κ3) is 3.37. The van der Waals surface area contributed by atoms with Crippen LogP contribution in [-0.2, 0) is 11.8 Å². The molecule has 0 unspecified atom stereocenters. The van der Waals surface area contributed by atoms with Gasteiger partial charge in [-0.3, -0.25) is 14.4 Å². The van der Waals surface area contributed by atoms with Crippen molar-refractivity contribution >= 4 is 12.0 Å². The first-order valence-corrected chi connectivity index (χ1v) is 7.06. The molecule has 2 rings (SSSR count). The minimum Gasteiger partial charge on any atom is -0.444 e. The molecule has 0 aliphatic carbocycles. The number of aryl methyl sites for hydroxylation is 1. The molecule has 1 fully saturated rings. The van der Waals surface area contributed by atoms with Crippen LogP contribution in [0.15, 0.2) is 6.07 Å². The number of primary amides is 1. The van der Waals surface area contributed by atoms with Gasteiger partial charge in [-0.15, -0.1) is 0 Å². The van der Waals surface area contributed by atoms with E-state index in [1.165, 1.54) is 15.6 Å². The first-order valence-electron chi connectivity index (χ1n) is 7.06. The van der Waals surface area contributed by atoms with Gasteiger partial charge in [0.2, 0.25) is 0 Å². The summed E-state index contributed by atoms with van der Waals surface area (Å²) >= 11 is 0. The van der Waals surface area contributed by atoms with E-state index in [4.69, 9.17) is 10.5 Å². The summed E-state index contributed by atoms with van der Waals surface area (Å²) < 4.78 is 20.4. The minimum absolute atomic E-state index is 0.0535. The van der Waals surface area contributed by atoms with Gasteiger partial charge in [-0.1, -0.05) is 0 Å². The Balaban J connectivity index is 2.26. The first-order chi connectivity index (χ1) is 10.1. The Kier molecular flexibility index (Phi) is 4.12. The molecule has 22 heavy (non-hydrogen) atoms. The summed E-state index contributed by atoms with van der Waals surface area (Å²) in [5.74, 6) is -0.625. The maximum absolute atomic E-state index is 13.8. The van der Waals surface area contributed by atoms with Crippen molar-refractivity contribution in [3.05, 3.63) is 17.5 Å². The summed E-state index contributed by atoms with van der Waals surface area (Å²) in [4.78, 5) is 24.8. The lowest BCUT2D eigenvalue weighted by Crippen LogP contribution is -2.37. The van der Waals surface area contributed by atoms with Crippen LogP contribution in [0, 0.1) is 0 Å². The fourth-order valence-corrected chi connectivity index (χ4v) is 2.47. The van der Waals surface area contributed by atoms with E-state index in [-0.39, 0.29) is 18.7 Å². The smallest absolute Gasteiger partial charge is 0.410 e. The van der Waals surface area contributed by atoms with E-state index in [0.29, 0.717) is 5.69 Å². The molecule has 8 heteroatoms. The van der Waals surface area contributed by atoms with Gasteiger partial charge in [0.05, 0.1) is 18.3 Å². The number of halogens is 1. The number of hydrogen-bond acceptors (Lipinski definition) is 4. The van der Waals surface area contributed by atoms with Crippen molar-refractivity contribution in [1.29, 1.82) is 0 Å². The second-order valence-corrected chi connectivity index (χ2v) is 6.42. The molecule has 0 saturated carbocycles. The maximum atomic E-state index is 13.8. The van der Waals surface area contributed by atoms with Crippen molar-refractivity contribution in [3.63, 3.8) is 0 Å². The van der Waals surface area contributed by atoms with Crippen LogP contribution in [0.25, 0.3) is 0 Å². The number of alkyl halides is 1. The minimum atomic E-state index is -1.16. The summed E-state index contributed by atoms with van der Waals surface area (Å²) in [5, 5.41) is 4.18. The number of rotatable bonds is 2. The number of amides is 2. The van der Waals surface area contributed by atoms with Crippen LogP contribution in [-0.4, -0.2) is 45.0 Å². The van der Waals surface area contributed by atoms with Gasteiger partial charge in [-0.05, 0) is 26.8 Å². The van der Waals surface area contributed by atoms with Gasteiger partial charge in [0.15, 0.2) is 0 Å². The van der Waals surface area contributed by atoms with E-state index in [0.717, 1.165) is 0 Å². The van der Waals surface area contributed by atoms with E-state index in [1.54, 1.807) is 27.8 Å². The van der Waals surface area contributed by atoms with Gasteiger partial charge in [-0.2, -0.15) is 5.10 Å². The van der Waals surface area contributed by atoms with Crippen LogP contribution in [0.3, 0.4) is 0 Å². The number of aromatic nitrogens is 2. The van der Waals surface area contributed by atoms with Crippen molar-refractivity contribution in [1.82, 2.24) is 14.7 Å². The molecule has 0 spiro atoms. The number of carbonyl (C=O) groups is 2. The topological polar surface area (TPSA) is 90.4 Å². The molecule has 2 atom stereocenters. The van der Waals surface area contributed by atoms with Crippen LogP contribution >= 0.6 is 0 Å². The molecule has 2 N–H and O–H groups in total. The maximum Gasteiger partial charge on any atom is 0.410 e. The van der Waals surface area contributed by atoms with E-state index in [1.807, 2.05) is 0 Å². The molecule has 122 valence electrons. The summed E-state index contributed by atoms with van der Waals surface area (Å²) in [6.45, 7) is 5.18. The Bertz CT molecular complexity index is 593. The van der Waals surface area contributed by atoms with Gasteiger partial charge < -0.3 is 10.5 Å². The third-order valence-corrected chi connectivity index (χ3v) is 3.37. The second kappa shape index (κ2) is 5.58. The van der Waals surface area contributed by atoms with Crippen LogP contribution in [0.2, 0.25) is 0 Å². The molecule has 2 amide bonds. The number of ether oxygens (including phenoxy) is 1. The normalized spacial score (nSPS) is 22.0. The van der Waals surface area contributed by atoms with E-state index < -0.39 is 29.8 Å². The molecule has 0 aromatic carbocycles. The Labute approximate surface area is 128 Å². The van der Waals surface area contributed by atoms with E-state index >= 15 is 0 Å². The van der Waals surface area contributed by atoms with Gasteiger partial charge >= 0.3 is 6.09 Å². The highest BCUT2D eigenvalue weighted by Crippen LogP contribution is 2.34. The third-order valence-electron chi connectivity index (χ3n) is 3.37. The summed E-state index contributed by atoms with van der Waals surface area (Å²) in [5.41, 5.74) is 5.23. The lowest BCUT2D eigenvalue weighted by molar-refractivity contribution is 0.0213. The Morgan fingerprint density at radius 1 is 1.45 bits per heavy atom. The van der Waals surface area contributed by atoms with Crippen molar-refractivity contribution in [2.24, 2.45) is 12.8 Å². The van der Waals surface area contributed by atoms with Gasteiger partial charge in [-0.25, -0.2) is 9.18 Å². The fraction of sp³-hybridized carbons (Fsp3) is 0.643. The highest BCUT2D eigenvalue weighted by molar-refractivity contribution is 5.91. The molecule has 1 aliphatic heterocycles. The Hall–Kier alpha value is -2.12. The van der Waals surface area contributed by atoms with Crippen molar-refractivity contribution in [3.8, 4) is 0 Å². The van der Waals surface area contributed by atoms with Crippen molar-refractivity contribution in [2.45, 2.75) is 45.0 Å². The number of carbonyl (C=O) groups excluding carboxylic acids is 2. The lowest BCUT2D eigenvalue weighted by atomic mass is 10.1. The lowest BCUT2D eigenvalue weighted by Gasteiger charge is -2.27. The standard InChI is InChI=1S/C14H21FN4O3/c1-14(2,3)22-13(21)19-7-8(15)5-10(19)9-6-11(12(16)20)18(4)17-9/h6,8,10H,5,7H2,1-4H3,(H2,16,20)/t8-,10+/m1/s1. The van der Waals surface area contributed by atoms with Crippen LogP contribution in [0.1, 0.15) is 49.4 Å². The van der Waals surface area contributed by atoms with Crippen molar-refractivity contribution < 1.29 is 18.7 Å². The molecular weight excluding hydrogens is 291 g/mol. The average molecular weight is 312 g/mol.